The number of nitro groups is 1. The molecule has 1 atom stereocenters. The summed E-state index contributed by atoms with van der Waals surface area (Å²) < 4.78 is 4.70. The lowest BCUT2D eigenvalue weighted by atomic mass is 9.91. The van der Waals surface area contributed by atoms with E-state index in [1.54, 1.807) is 0 Å². The van der Waals surface area contributed by atoms with E-state index in [4.69, 9.17) is 4.74 Å². The van der Waals surface area contributed by atoms with Crippen LogP contribution in [0, 0.1) is 16.0 Å². The Balaban J connectivity index is 2.11. The van der Waals surface area contributed by atoms with Gasteiger partial charge in [0, 0.05) is 19.0 Å². The summed E-state index contributed by atoms with van der Waals surface area (Å²) in [6, 6.07) is 0.371. The zero-order valence-electron chi connectivity index (χ0n) is 9.80. The number of allylic oxidation sites excluding steroid dienone is 1. The van der Waals surface area contributed by atoms with Crippen LogP contribution in [0.1, 0.15) is 25.7 Å². The Morgan fingerprint density at radius 1 is 1.59 bits per heavy atom. The van der Waals surface area contributed by atoms with Crippen LogP contribution in [0.15, 0.2) is 11.9 Å². The molecule has 0 aromatic heterocycles. The summed E-state index contributed by atoms with van der Waals surface area (Å²) in [7, 11) is 1.35. The molecule has 0 amide bonds. The number of carbonyl (C=O) groups is 1. The largest absolute Gasteiger partial charge is 0.469 e. The van der Waals surface area contributed by atoms with E-state index in [9.17, 15) is 14.9 Å². The van der Waals surface area contributed by atoms with Gasteiger partial charge in [-0.2, -0.15) is 0 Å². The summed E-state index contributed by atoms with van der Waals surface area (Å²) in [6.07, 6.45) is 4.73. The number of likely N-dealkylation sites (tertiary alicyclic amines) is 1. The third-order valence-electron chi connectivity index (χ3n) is 3.55. The summed E-state index contributed by atoms with van der Waals surface area (Å²) in [4.78, 5) is 23.6. The molecule has 94 valence electrons. The topological polar surface area (TPSA) is 72.7 Å². The van der Waals surface area contributed by atoms with Crippen LogP contribution in [-0.4, -0.2) is 35.5 Å². The van der Waals surface area contributed by atoms with Gasteiger partial charge in [-0.1, -0.05) is 0 Å². The molecule has 2 rings (SSSR count). The Hall–Kier alpha value is -1.59. The van der Waals surface area contributed by atoms with Crippen molar-refractivity contribution in [3.05, 3.63) is 22.0 Å². The number of rotatable bonds is 3. The monoisotopic (exact) mass is 240 g/mol. The molecule has 1 saturated heterocycles. The minimum atomic E-state index is -0.444. The molecule has 2 aliphatic rings. The summed E-state index contributed by atoms with van der Waals surface area (Å²) in [6.45, 7) is 0.553. The number of carbonyl (C=O) groups excluding carboxylic acids is 1. The molecule has 2 fully saturated rings. The van der Waals surface area contributed by atoms with Gasteiger partial charge in [0.25, 0.3) is 6.20 Å². The van der Waals surface area contributed by atoms with Gasteiger partial charge in [-0.15, -0.1) is 0 Å². The Kier molecular flexibility index (Phi) is 3.31. The van der Waals surface area contributed by atoms with Gasteiger partial charge in [-0.05, 0) is 19.3 Å². The fourth-order valence-corrected chi connectivity index (χ4v) is 2.44. The van der Waals surface area contributed by atoms with Crippen molar-refractivity contribution in [3.63, 3.8) is 0 Å². The van der Waals surface area contributed by atoms with Gasteiger partial charge < -0.3 is 9.64 Å². The molecule has 0 aromatic carbocycles. The molecule has 1 heterocycles. The number of methoxy groups -OCH3 is 1. The summed E-state index contributed by atoms with van der Waals surface area (Å²) in [5, 5.41) is 10.6. The molecule has 0 N–H and O–H groups in total. The Bertz CT molecular complexity index is 362. The predicted octanol–water partition coefficient (Wildman–Crippen LogP) is 1.15. The Labute approximate surface area is 99.4 Å². The maximum Gasteiger partial charge on any atom is 0.310 e. The van der Waals surface area contributed by atoms with Crippen molar-refractivity contribution in [1.82, 2.24) is 4.90 Å². The van der Waals surface area contributed by atoms with Crippen molar-refractivity contribution in [1.29, 1.82) is 0 Å². The average molecular weight is 240 g/mol. The highest BCUT2D eigenvalue weighted by Crippen LogP contribution is 2.36. The van der Waals surface area contributed by atoms with Crippen molar-refractivity contribution in [2.75, 3.05) is 13.7 Å². The third kappa shape index (κ3) is 2.40. The van der Waals surface area contributed by atoms with Crippen LogP contribution in [0.4, 0.5) is 0 Å². The van der Waals surface area contributed by atoms with E-state index in [1.165, 1.54) is 7.11 Å². The number of ether oxygens (including phenoxy) is 1. The number of esters is 1. The highest BCUT2D eigenvalue weighted by Gasteiger charge is 2.39. The molecule has 1 aliphatic carbocycles. The highest BCUT2D eigenvalue weighted by molar-refractivity contribution is 5.73. The van der Waals surface area contributed by atoms with Gasteiger partial charge in [0.1, 0.15) is 0 Å². The van der Waals surface area contributed by atoms with Gasteiger partial charge in [0.05, 0.1) is 23.6 Å². The van der Waals surface area contributed by atoms with Gasteiger partial charge in [-0.3, -0.25) is 14.9 Å². The van der Waals surface area contributed by atoms with E-state index >= 15 is 0 Å². The van der Waals surface area contributed by atoms with Gasteiger partial charge in [0.2, 0.25) is 0 Å². The van der Waals surface area contributed by atoms with Gasteiger partial charge in [0.15, 0.2) is 0 Å². The first-order chi connectivity index (χ1) is 8.11. The molecule has 0 spiro atoms. The van der Waals surface area contributed by atoms with Crippen molar-refractivity contribution in [2.45, 2.75) is 31.7 Å². The van der Waals surface area contributed by atoms with E-state index in [0.717, 1.165) is 25.5 Å². The van der Waals surface area contributed by atoms with Gasteiger partial charge >= 0.3 is 5.97 Å². The molecule has 0 aromatic rings. The molecule has 0 radical (unpaired) electrons. The van der Waals surface area contributed by atoms with Crippen LogP contribution in [0.2, 0.25) is 0 Å². The van der Waals surface area contributed by atoms with Crippen molar-refractivity contribution >= 4 is 5.97 Å². The standard InChI is InChI=1S/C11H16N2O4/c1-17-11(14)8-5-10(7-13(15)16)12(6-8)9-3-2-4-9/h7-9H,2-6H2,1H3. The second-order valence-electron chi connectivity index (χ2n) is 4.57. The van der Waals surface area contributed by atoms with Crippen LogP contribution in [0.25, 0.3) is 0 Å². The maximum atomic E-state index is 11.5. The van der Waals surface area contributed by atoms with Crippen molar-refractivity contribution in [3.8, 4) is 0 Å². The smallest absolute Gasteiger partial charge is 0.310 e. The van der Waals surface area contributed by atoms with Crippen LogP contribution in [0.3, 0.4) is 0 Å². The summed E-state index contributed by atoms with van der Waals surface area (Å²) >= 11 is 0. The zero-order valence-corrected chi connectivity index (χ0v) is 9.80. The highest BCUT2D eigenvalue weighted by atomic mass is 16.6. The lowest BCUT2D eigenvalue weighted by Crippen LogP contribution is -2.38. The molecule has 1 unspecified atom stereocenters. The Morgan fingerprint density at radius 2 is 2.29 bits per heavy atom. The molecule has 1 saturated carbocycles. The van der Waals surface area contributed by atoms with Crippen molar-refractivity contribution in [2.24, 2.45) is 5.92 Å². The molecule has 17 heavy (non-hydrogen) atoms. The first kappa shape index (κ1) is 11.9. The maximum absolute atomic E-state index is 11.5. The lowest BCUT2D eigenvalue weighted by Gasteiger charge is -2.36. The minimum absolute atomic E-state index is 0.258. The van der Waals surface area contributed by atoms with Crippen LogP contribution in [-0.2, 0) is 9.53 Å². The first-order valence-electron chi connectivity index (χ1n) is 5.80. The zero-order chi connectivity index (χ0) is 12.4. The number of nitrogens with zero attached hydrogens (tertiary/aromatic N) is 2. The molecular weight excluding hydrogens is 224 g/mol. The van der Waals surface area contributed by atoms with Gasteiger partial charge in [-0.25, -0.2) is 0 Å². The fourth-order valence-electron chi connectivity index (χ4n) is 2.44. The fraction of sp³-hybridized carbons (Fsp3) is 0.727. The lowest BCUT2D eigenvalue weighted by molar-refractivity contribution is -0.404. The quantitative estimate of drug-likeness (QED) is 0.420. The SMILES string of the molecule is COC(=O)C1CC(=C[N+](=O)[O-])N(C2CCC2)C1. The summed E-state index contributed by atoms with van der Waals surface area (Å²) in [5.74, 6) is -0.534. The molecular formula is C11H16N2O4. The predicted molar refractivity (Wildman–Crippen MR) is 59.5 cm³/mol. The van der Waals surface area contributed by atoms with Crippen LogP contribution in [0.5, 0.6) is 0 Å². The normalized spacial score (nSPS) is 27.0. The average Bonchev–Trinajstić information content (AvgIpc) is 2.58. The van der Waals surface area contributed by atoms with E-state index in [0.29, 0.717) is 24.7 Å². The van der Waals surface area contributed by atoms with Crippen molar-refractivity contribution < 1.29 is 14.5 Å². The minimum Gasteiger partial charge on any atom is -0.469 e. The van der Waals surface area contributed by atoms with Crippen LogP contribution >= 0.6 is 0 Å². The second kappa shape index (κ2) is 4.73. The van der Waals surface area contributed by atoms with Crippen LogP contribution < -0.4 is 0 Å². The Morgan fingerprint density at radius 3 is 2.76 bits per heavy atom. The van der Waals surface area contributed by atoms with E-state index in [2.05, 4.69) is 0 Å². The molecule has 6 heteroatoms. The molecule has 1 aliphatic heterocycles. The number of hydrogen-bond donors (Lipinski definition) is 0. The van der Waals surface area contributed by atoms with E-state index in [-0.39, 0.29) is 11.9 Å². The second-order valence-corrected chi connectivity index (χ2v) is 4.57. The number of hydrogen-bond acceptors (Lipinski definition) is 5. The van der Waals surface area contributed by atoms with E-state index < -0.39 is 4.92 Å². The van der Waals surface area contributed by atoms with E-state index in [1.807, 2.05) is 4.90 Å². The third-order valence-corrected chi connectivity index (χ3v) is 3.55. The molecule has 0 bridgehead atoms. The first-order valence-corrected chi connectivity index (χ1v) is 5.80. The molecule has 6 nitrogen and oxygen atoms in total. The summed E-state index contributed by atoms with van der Waals surface area (Å²) in [5.41, 5.74) is 0.662.